The van der Waals surface area contributed by atoms with Gasteiger partial charge in [-0.1, -0.05) is 28.9 Å². The molecule has 1 aliphatic carbocycles. The van der Waals surface area contributed by atoms with Crippen LogP contribution in [0.25, 0.3) is 11.6 Å². The van der Waals surface area contributed by atoms with Gasteiger partial charge in [-0.2, -0.15) is 10.1 Å². The Morgan fingerprint density at radius 2 is 2.00 bits per heavy atom. The fourth-order valence-electron chi connectivity index (χ4n) is 2.96. The van der Waals surface area contributed by atoms with Crippen molar-refractivity contribution in [3.05, 3.63) is 52.4 Å². The molecule has 0 amide bonds. The summed E-state index contributed by atoms with van der Waals surface area (Å²) in [6.07, 6.45) is 2.26. The van der Waals surface area contributed by atoms with Gasteiger partial charge in [-0.3, -0.25) is 4.68 Å². The number of nitrogens with zero attached hydrogens (tertiary/aromatic N) is 4. The SMILES string of the molecule is Clc1ccc(C2Cn3nc(-c4nc(C5CC5)no4)cc3CO2)cc1. The van der Waals surface area contributed by atoms with Gasteiger partial charge in [-0.05, 0) is 36.6 Å². The third-order valence-electron chi connectivity index (χ3n) is 4.48. The van der Waals surface area contributed by atoms with Crippen LogP contribution in [0.4, 0.5) is 0 Å². The zero-order valence-corrected chi connectivity index (χ0v) is 13.6. The first-order chi connectivity index (χ1) is 11.8. The van der Waals surface area contributed by atoms with Crippen molar-refractivity contribution in [3.63, 3.8) is 0 Å². The van der Waals surface area contributed by atoms with Crippen molar-refractivity contribution in [1.29, 1.82) is 0 Å². The molecule has 3 heterocycles. The van der Waals surface area contributed by atoms with Crippen LogP contribution in [0.1, 0.15) is 41.9 Å². The lowest BCUT2D eigenvalue weighted by molar-refractivity contribution is -0.00112. The summed E-state index contributed by atoms with van der Waals surface area (Å²) in [5, 5.41) is 9.40. The highest BCUT2D eigenvalue weighted by molar-refractivity contribution is 6.30. The van der Waals surface area contributed by atoms with Crippen LogP contribution < -0.4 is 0 Å². The smallest absolute Gasteiger partial charge is 0.278 e. The van der Waals surface area contributed by atoms with Crippen LogP contribution in [0.3, 0.4) is 0 Å². The number of rotatable bonds is 3. The maximum absolute atomic E-state index is 5.96. The Bertz CT molecular complexity index is 882. The highest BCUT2D eigenvalue weighted by atomic mass is 35.5. The Hall–Kier alpha value is -2.18. The van der Waals surface area contributed by atoms with Gasteiger partial charge in [0, 0.05) is 10.9 Å². The van der Waals surface area contributed by atoms with E-state index in [0.717, 1.165) is 34.9 Å². The van der Waals surface area contributed by atoms with E-state index in [9.17, 15) is 0 Å². The van der Waals surface area contributed by atoms with Crippen LogP contribution in [0.15, 0.2) is 34.9 Å². The maximum atomic E-state index is 5.96. The predicted octanol–water partition coefficient (Wildman–Crippen LogP) is 3.74. The lowest BCUT2D eigenvalue weighted by Gasteiger charge is -2.24. The van der Waals surface area contributed by atoms with Crippen LogP contribution in [0, 0.1) is 0 Å². The van der Waals surface area contributed by atoms with E-state index in [1.54, 1.807) is 0 Å². The van der Waals surface area contributed by atoms with Crippen LogP contribution in [0.2, 0.25) is 5.02 Å². The molecule has 0 saturated heterocycles. The van der Waals surface area contributed by atoms with Gasteiger partial charge in [0.2, 0.25) is 0 Å². The minimum Gasteiger partial charge on any atom is -0.365 e. The molecule has 1 unspecified atom stereocenters. The quantitative estimate of drug-likeness (QED) is 0.725. The van der Waals surface area contributed by atoms with Gasteiger partial charge < -0.3 is 9.26 Å². The number of aromatic nitrogens is 4. The second-order valence-corrected chi connectivity index (χ2v) is 6.72. The van der Waals surface area contributed by atoms with E-state index in [1.165, 1.54) is 0 Å². The minimum absolute atomic E-state index is 0.0350. The zero-order valence-electron chi connectivity index (χ0n) is 12.9. The van der Waals surface area contributed by atoms with E-state index in [0.29, 0.717) is 30.7 Å². The van der Waals surface area contributed by atoms with Crippen LogP contribution >= 0.6 is 11.6 Å². The summed E-state index contributed by atoms with van der Waals surface area (Å²) in [5.74, 6) is 1.76. The molecule has 0 bridgehead atoms. The summed E-state index contributed by atoms with van der Waals surface area (Å²) in [7, 11) is 0. The molecule has 1 saturated carbocycles. The van der Waals surface area contributed by atoms with Crippen molar-refractivity contribution in [1.82, 2.24) is 19.9 Å². The van der Waals surface area contributed by atoms with Crippen molar-refractivity contribution in [2.45, 2.75) is 38.0 Å². The van der Waals surface area contributed by atoms with Crippen molar-refractivity contribution in [3.8, 4) is 11.6 Å². The summed E-state index contributed by atoms with van der Waals surface area (Å²) >= 11 is 5.95. The van der Waals surface area contributed by atoms with Crippen molar-refractivity contribution >= 4 is 11.6 Å². The van der Waals surface area contributed by atoms with Crippen molar-refractivity contribution < 1.29 is 9.26 Å². The van der Waals surface area contributed by atoms with Crippen LogP contribution in [0.5, 0.6) is 0 Å². The first kappa shape index (κ1) is 14.2. The first-order valence-corrected chi connectivity index (χ1v) is 8.42. The topological polar surface area (TPSA) is 66.0 Å². The molecule has 5 rings (SSSR count). The van der Waals surface area contributed by atoms with Crippen LogP contribution in [-0.4, -0.2) is 19.9 Å². The highest BCUT2D eigenvalue weighted by Gasteiger charge is 2.30. The lowest BCUT2D eigenvalue weighted by Crippen LogP contribution is -2.21. The van der Waals surface area contributed by atoms with Gasteiger partial charge in [0.1, 0.15) is 6.10 Å². The van der Waals surface area contributed by atoms with Gasteiger partial charge in [-0.15, -0.1) is 0 Å². The fraction of sp³-hybridized carbons (Fsp3) is 0.353. The molecule has 122 valence electrons. The number of fused-ring (bicyclic) bond motifs is 1. The molecule has 0 radical (unpaired) electrons. The van der Waals surface area contributed by atoms with Gasteiger partial charge in [-0.25, -0.2) is 0 Å². The number of benzene rings is 1. The van der Waals surface area contributed by atoms with E-state index in [2.05, 4.69) is 15.2 Å². The van der Waals surface area contributed by atoms with Crippen molar-refractivity contribution in [2.24, 2.45) is 0 Å². The molecule has 1 aromatic carbocycles. The minimum atomic E-state index is -0.0350. The van der Waals surface area contributed by atoms with E-state index in [-0.39, 0.29) is 6.10 Å². The molecule has 2 aromatic heterocycles. The second kappa shape index (κ2) is 5.43. The predicted molar refractivity (Wildman–Crippen MR) is 86.5 cm³/mol. The molecule has 24 heavy (non-hydrogen) atoms. The van der Waals surface area contributed by atoms with Gasteiger partial charge in [0.25, 0.3) is 5.89 Å². The first-order valence-electron chi connectivity index (χ1n) is 8.04. The molecule has 3 aromatic rings. The Morgan fingerprint density at radius 3 is 2.79 bits per heavy atom. The molecular weight excluding hydrogens is 328 g/mol. The molecule has 0 N–H and O–H groups in total. The molecule has 7 heteroatoms. The standard InChI is InChI=1S/C17H15ClN4O2/c18-12-5-3-10(4-6-12)15-8-22-13(9-23-15)7-14(20-22)17-19-16(21-24-17)11-1-2-11/h3-7,11,15H,1-2,8-9H2. The normalized spacial score (nSPS) is 20.1. The van der Waals surface area contributed by atoms with E-state index >= 15 is 0 Å². The monoisotopic (exact) mass is 342 g/mol. The summed E-state index contributed by atoms with van der Waals surface area (Å²) in [4.78, 5) is 4.46. The molecule has 1 aliphatic heterocycles. The van der Waals surface area contributed by atoms with Crippen LogP contribution in [-0.2, 0) is 17.9 Å². The summed E-state index contributed by atoms with van der Waals surface area (Å²) in [6.45, 7) is 1.16. The molecule has 6 nitrogen and oxygen atoms in total. The van der Waals surface area contributed by atoms with Crippen molar-refractivity contribution in [2.75, 3.05) is 0 Å². The van der Waals surface area contributed by atoms with E-state index in [4.69, 9.17) is 20.9 Å². The Labute approximate surface area is 143 Å². The molecule has 2 aliphatic rings. The van der Waals surface area contributed by atoms with Gasteiger partial charge in [0.05, 0.1) is 18.8 Å². The van der Waals surface area contributed by atoms with Gasteiger partial charge in [0.15, 0.2) is 11.5 Å². The summed E-state index contributed by atoms with van der Waals surface area (Å²) in [5.41, 5.74) is 2.82. The lowest BCUT2D eigenvalue weighted by atomic mass is 10.1. The fourth-order valence-corrected chi connectivity index (χ4v) is 3.08. The third kappa shape index (κ3) is 2.52. The van der Waals surface area contributed by atoms with Gasteiger partial charge >= 0.3 is 0 Å². The number of halogens is 1. The Balaban J connectivity index is 1.40. The van der Waals surface area contributed by atoms with E-state index in [1.807, 2.05) is 35.0 Å². The Kier molecular flexibility index (Phi) is 3.21. The molecular formula is C17H15ClN4O2. The third-order valence-corrected chi connectivity index (χ3v) is 4.73. The molecule has 0 spiro atoms. The Morgan fingerprint density at radius 1 is 1.17 bits per heavy atom. The molecule has 1 atom stereocenters. The largest absolute Gasteiger partial charge is 0.365 e. The number of hydrogen-bond acceptors (Lipinski definition) is 5. The number of ether oxygens (including phenoxy) is 1. The summed E-state index contributed by atoms with van der Waals surface area (Å²) in [6, 6.07) is 9.69. The zero-order chi connectivity index (χ0) is 16.1. The van der Waals surface area contributed by atoms with E-state index < -0.39 is 0 Å². The highest BCUT2D eigenvalue weighted by Crippen LogP contribution is 2.39. The maximum Gasteiger partial charge on any atom is 0.278 e. The summed E-state index contributed by atoms with van der Waals surface area (Å²) < 4.78 is 13.3. The second-order valence-electron chi connectivity index (χ2n) is 6.29. The number of hydrogen-bond donors (Lipinski definition) is 0. The molecule has 1 fully saturated rings. The average Bonchev–Trinajstić information content (AvgIpc) is 3.18. The average molecular weight is 343 g/mol.